The van der Waals surface area contributed by atoms with Gasteiger partial charge in [-0.15, -0.1) is 0 Å². The fourth-order valence-electron chi connectivity index (χ4n) is 1.47. The summed E-state index contributed by atoms with van der Waals surface area (Å²) in [4.78, 5) is 24.0. The Morgan fingerprint density at radius 1 is 1.35 bits per heavy atom. The highest BCUT2D eigenvalue weighted by Gasteiger charge is 2.33. The van der Waals surface area contributed by atoms with Gasteiger partial charge in [0.25, 0.3) is 0 Å². The van der Waals surface area contributed by atoms with Gasteiger partial charge in [0.1, 0.15) is 6.61 Å². The summed E-state index contributed by atoms with van der Waals surface area (Å²) in [5, 5.41) is 8.64. The van der Waals surface area contributed by atoms with E-state index in [1.807, 2.05) is 20.8 Å². The number of hydrogen-bond acceptors (Lipinski definition) is 3. The first kappa shape index (κ1) is 14.0. The van der Waals surface area contributed by atoms with Crippen LogP contribution in [0.1, 0.15) is 40.0 Å². The van der Waals surface area contributed by atoms with Gasteiger partial charge in [-0.25, -0.2) is 0 Å². The number of carboxylic acids is 1. The zero-order valence-corrected chi connectivity index (χ0v) is 10.7. The van der Waals surface area contributed by atoms with Crippen molar-refractivity contribution < 1.29 is 19.4 Å². The Kier molecular flexibility index (Phi) is 4.51. The number of nitrogens with zero attached hydrogens (tertiary/aromatic N) is 1. The zero-order chi connectivity index (χ0) is 13.1. The van der Waals surface area contributed by atoms with Crippen molar-refractivity contribution in [3.8, 4) is 0 Å². The molecule has 0 spiro atoms. The van der Waals surface area contributed by atoms with Crippen molar-refractivity contribution in [3.05, 3.63) is 0 Å². The molecule has 1 N–H and O–H groups in total. The van der Waals surface area contributed by atoms with Gasteiger partial charge in [-0.2, -0.15) is 0 Å². The van der Waals surface area contributed by atoms with Crippen LogP contribution in [0.2, 0.25) is 0 Å². The number of carbonyl (C=O) groups excluding carboxylic acids is 1. The molecule has 1 amide bonds. The van der Waals surface area contributed by atoms with Crippen LogP contribution in [0.3, 0.4) is 0 Å². The number of carbonyl (C=O) groups is 2. The Morgan fingerprint density at radius 3 is 2.35 bits per heavy atom. The van der Waals surface area contributed by atoms with Crippen LogP contribution in [-0.4, -0.2) is 46.7 Å². The molecule has 0 saturated heterocycles. The number of ether oxygens (including phenoxy) is 1. The van der Waals surface area contributed by atoms with E-state index in [-0.39, 0.29) is 37.1 Å². The minimum absolute atomic E-state index is 0.00222. The SMILES string of the molecule is CC(C)(C)OCC(=O)N(CCC(=O)O)C1CC1. The Bertz CT molecular complexity index is 291. The molecule has 98 valence electrons. The van der Waals surface area contributed by atoms with E-state index in [1.165, 1.54) is 0 Å². The Morgan fingerprint density at radius 2 is 1.94 bits per heavy atom. The first-order valence-corrected chi connectivity index (χ1v) is 5.95. The van der Waals surface area contributed by atoms with Crippen LogP contribution in [0.25, 0.3) is 0 Å². The second-order valence-corrected chi connectivity index (χ2v) is 5.36. The van der Waals surface area contributed by atoms with Gasteiger partial charge in [0.05, 0.1) is 12.0 Å². The number of carboxylic acid groups (broad SMARTS) is 1. The van der Waals surface area contributed by atoms with Crippen LogP contribution >= 0.6 is 0 Å². The molecule has 0 aliphatic heterocycles. The van der Waals surface area contributed by atoms with Gasteiger partial charge >= 0.3 is 5.97 Å². The molecule has 0 aromatic carbocycles. The van der Waals surface area contributed by atoms with Crippen LogP contribution in [0.5, 0.6) is 0 Å². The van der Waals surface area contributed by atoms with E-state index in [2.05, 4.69) is 0 Å². The summed E-state index contributed by atoms with van der Waals surface area (Å²) in [6, 6.07) is 0.227. The molecule has 1 rings (SSSR count). The van der Waals surface area contributed by atoms with Crippen molar-refractivity contribution in [2.45, 2.75) is 51.7 Å². The molecule has 1 saturated carbocycles. The van der Waals surface area contributed by atoms with Crippen LogP contribution in [0, 0.1) is 0 Å². The third kappa shape index (κ3) is 5.68. The number of aliphatic carboxylic acids is 1. The van der Waals surface area contributed by atoms with Gasteiger partial charge < -0.3 is 14.7 Å². The normalized spacial score (nSPS) is 15.7. The highest BCUT2D eigenvalue weighted by Crippen LogP contribution is 2.27. The second-order valence-electron chi connectivity index (χ2n) is 5.36. The van der Waals surface area contributed by atoms with Gasteiger partial charge in [-0.05, 0) is 33.6 Å². The summed E-state index contributed by atoms with van der Waals surface area (Å²) in [6.07, 6.45) is 1.94. The molecule has 0 atom stereocenters. The minimum Gasteiger partial charge on any atom is -0.481 e. The molecule has 0 heterocycles. The number of amides is 1. The molecular formula is C12H21NO4. The molecule has 0 radical (unpaired) electrons. The predicted octanol–water partition coefficient (Wildman–Crippen LogP) is 1.27. The minimum atomic E-state index is -0.875. The molecule has 0 aromatic rings. The average Bonchev–Trinajstić information content (AvgIpc) is 2.97. The smallest absolute Gasteiger partial charge is 0.305 e. The van der Waals surface area contributed by atoms with E-state index in [0.717, 1.165) is 12.8 Å². The van der Waals surface area contributed by atoms with E-state index in [4.69, 9.17) is 9.84 Å². The maximum Gasteiger partial charge on any atom is 0.305 e. The van der Waals surface area contributed by atoms with Crippen molar-refractivity contribution in [1.29, 1.82) is 0 Å². The van der Waals surface area contributed by atoms with Crippen molar-refractivity contribution in [1.82, 2.24) is 4.90 Å². The van der Waals surface area contributed by atoms with Crippen LogP contribution in [-0.2, 0) is 14.3 Å². The third-order valence-electron chi connectivity index (χ3n) is 2.50. The second kappa shape index (κ2) is 5.49. The summed E-state index contributed by atoms with van der Waals surface area (Å²) in [5.41, 5.74) is -0.350. The van der Waals surface area contributed by atoms with Gasteiger partial charge in [0.2, 0.25) is 5.91 Å². The summed E-state index contributed by atoms with van der Waals surface area (Å²) in [7, 11) is 0. The molecule has 17 heavy (non-hydrogen) atoms. The van der Waals surface area contributed by atoms with Crippen LogP contribution in [0.4, 0.5) is 0 Å². The molecule has 1 aliphatic rings. The first-order valence-electron chi connectivity index (χ1n) is 5.95. The van der Waals surface area contributed by atoms with E-state index in [9.17, 15) is 9.59 Å². The summed E-state index contributed by atoms with van der Waals surface area (Å²) in [6.45, 7) is 5.98. The van der Waals surface area contributed by atoms with Crippen molar-refractivity contribution in [3.63, 3.8) is 0 Å². The van der Waals surface area contributed by atoms with Crippen LogP contribution in [0.15, 0.2) is 0 Å². The van der Waals surface area contributed by atoms with Gasteiger partial charge in [-0.1, -0.05) is 0 Å². The monoisotopic (exact) mass is 243 g/mol. The molecule has 0 unspecified atom stereocenters. The van der Waals surface area contributed by atoms with Crippen molar-refractivity contribution in [2.24, 2.45) is 0 Å². The molecule has 1 aliphatic carbocycles. The standard InChI is InChI=1S/C12H21NO4/c1-12(2,3)17-8-10(14)13(9-4-5-9)7-6-11(15)16/h9H,4-8H2,1-3H3,(H,15,16). The topological polar surface area (TPSA) is 66.8 Å². The lowest BCUT2D eigenvalue weighted by Gasteiger charge is -2.25. The largest absolute Gasteiger partial charge is 0.481 e. The average molecular weight is 243 g/mol. The fraction of sp³-hybridized carbons (Fsp3) is 0.833. The van der Waals surface area contributed by atoms with Gasteiger partial charge in [0, 0.05) is 12.6 Å². The third-order valence-corrected chi connectivity index (χ3v) is 2.50. The van der Waals surface area contributed by atoms with Crippen molar-refractivity contribution >= 4 is 11.9 Å². The molecule has 0 bridgehead atoms. The number of rotatable bonds is 6. The van der Waals surface area contributed by atoms with E-state index in [0.29, 0.717) is 0 Å². The fourth-order valence-corrected chi connectivity index (χ4v) is 1.47. The molecule has 1 fully saturated rings. The highest BCUT2D eigenvalue weighted by atomic mass is 16.5. The van der Waals surface area contributed by atoms with E-state index in [1.54, 1.807) is 4.90 Å². The van der Waals surface area contributed by atoms with Crippen molar-refractivity contribution in [2.75, 3.05) is 13.2 Å². The number of hydrogen-bond donors (Lipinski definition) is 1. The Balaban J connectivity index is 2.41. The maximum absolute atomic E-state index is 11.9. The quantitative estimate of drug-likeness (QED) is 0.762. The van der Waals surface area contributed by atoms with E-state index < -0.39 is 5.97 Å². The summed E-state index contributed by atoms with van der Waals surface area (Å²) < 4.78 is 5.42. The lowest BCUT2D eigenvalue weighted by molar-refractivity contribution is -0.143. The first-order chi connectivity index (χ1) is 7.79. The molecule has 5 nitrogen and oxygen atoms in total. The lowest BCUT2D eigenvalue weighted by atomic mass is 10.2. The van der Waals surface area contributed by atoms with Gasteiger partial charge in [-0.3, -0.25) is 9.59 Å². The maximum atomic E-state index is 11.9. The Labute approximate surface area is 102 Å². The summed E-state index contributed by atoms with van der Waals surface area (Å²) >= 11 is 0. The highest BCUT2D eigenvalue weighted by molar-refractivity contribution is 5.79. The molecule has 5 heteroatoms. The lowest BCUT2D eigenvalue weighted by Crippen LogP contribution is -2.39. The van der Waals surface area contributed by atoms with Gasteiger partial charge in [0.15, 0.2) is 0 Å². The molecular weight excluding hydrogens is 222 g/mol. The van der Waals surface area contributed by atoms with E-state index >= 15 is 0 Å². The predicted molar refractivity (Wildman–Crippen MR) is 62.7 cm³/mol. The summed E-state index contributed by atoms with van der Waals surface area (Å²) in [5.74, 6) is -0.983. The van der Waals surface area contributed by atoms with Crippen LogP contribution < -0.4 is 0 Å². The molecule has 0 aromatic heterocycles. The zero-order valence-electron chi connectivity index (χ0n) is 10.7. The Hall–Kier alpha value is -1.10.